The number of benzene rings is 2. The van der Waals surface area contributed by atoms with Crippen LogP contribution in [0.4, 0.5) is 0 Å². The normalized spacial score (nSPS) is 36.8. The Morgan fingerprint density at radius 2 is 1.51 bits per heavy atom. The van der Waals surface area contributed by atoms with Crippen LogP contribution >= 0.6 is 23.2 Å². The molecule has 7 atom stereocenters. The Hall–Kier alpha value is -2.61. The average Bonchev–Trinajstić information content (AvgIpc) is 3.55. The first-order chi connectivity index (χ1) is 20.4. The Labute approximate surface area is 262 Å². The van der Waals surface area contributed by atoms with Gasteiger partial charge in [-0.3, -0.25) is 4.79 Å². The molecule has 230 valence electrons. The van der Waals surface area contributed by atoms with Gasteiger partial charge in [0, 0.05) is 20.9 Å². The van der Waals surface area contributed by atoms with Crippen molar-refractivity contribution in [3.8, 4) is 0 Å². The van der Waals surface area contributed by atoms with Gasteiger partial charge in [0.2, 0.25) is 0 Å². The number of esters is 3. The lowest BCUT2D eigenvalue weighted by Gasteiger charge is -2.65. The molecule has 0 bridgehead atoms. The highest BCUT2D eigenvalue weighted by atomic mass is 35.5. The summed E-state index contributed by atoms with van der Waals surface area (Å²) in [6.07, 6.45) is 4.51. The Morgan fingerprint density at radius 3 is 2.12 bits per heavy atom. The molecule has 0 unspecified atom stereocenters. The minimum atomic E-state index is -0.703. The fourth-order valence-electron chi connectivity index (χ4n) is 8.77. The Balaban J connectivity index is 1.33. The Bertz CT molecular complexity index is 1410. The van der Waals surface area contributed by atoms with E-state index >= 15 is 0 Å². The second-order valence-electron chi connectivity index (χ2n) is 13.5. The summed E-state index contributed by atoms with van der Waals surface area (Å²) in [7, 11) is 0. The quantitative estimate of drug-likeness (QED) is 0.251. The van der Waals surface area contributed by atoms with Gasteiger partial charge in [-0.2, -0.15) is 0 Å². The van der Waals surface area contributed by atoms with Gasteiger partial charge in [-0.15, -0.1) is 0 Å². The van der Waals surface area contributed by atoms with Crippen molar-refractivity contribution >= 4 is 41.1 Å². The molecule has 2 aromatic carbocycles. The van der Waals surface area contributed by atoms with Gasteiger partial charge in [0.05, 0.1) is 23.1 Å². The maximum absolute atomic E-state index is 13.4. The van der Waals surface area contributed by atoms with Crippen molar-refractivity contribution in [2.45, 2.75) is 83.0 Å². The first kappa shape index (κ1) is 30.4. The molecule has 9 heteroatoms. The van der Waals surface area contributed by atoms with Gasteiger partial charge >= 0.3 is 17.9 Å². The zero-order valence-electron chi connectivity index (χ0n) is 24.8. The smallest absolute Gasteiger partial charge is 0.338 e. The van der Waals surface area contributed by atoms with Gasteiger partial charge < -0.3 is 18.9 Å². The van der Waals surface area contributed by atoms with E-state index in [-0.39, 0.29) is 36.2 Å². The molecule has 0 amide bonds. The van der Waals surface area contributed by atoms with Crippen LogP contribution in [0.15, 0.2) is 48.5 Å². The summed E-state index contributed by atoms with van der Waals surface area (Å²) >= 11 is 12.1. The molecule has 4 fully saturated rings. The van der Waals surface area contributed by atoms with E-state index in [1.165, 1.54) is 0 Å². The van der Waals surface area contributed by atoms with E-state index in [0.717, 1.165) is 32.1 Å². The van der Waals surface area contributed by atoms with Crippen LogP contribution in [0.1, 0.15) is 86.4 Å². The van der Waals surface area contributed by atoms with Crippen molar-refractivity contribution in [3.63, 3.8) is 0 Å². The highest BCUT2D eigenvalue weighted by Crippen LogP contribution is 2.68. The number of halogens is 2. The molecule has 7 nitrogen and oxygen atoms in total. The van der Waals surface area contributed by atoms with Crippen LogP contribution in [-0.2, 0) is 23.7 Å². The van der Waals surface area contributed by atoms with E-state index in [1.54, 1.807) is 48.5 Å². The Morgan fingerprint density at radius 1 is 0.884 bits per heavy atom. The summed E-state index contributed by atoms with van der Waals surface area (Å²) in [5.74, 6) is -0.822. The zero-order chi connectivity index (χ0) is 30.6. The molecule has 2 aliphatic carbocycles. The SMILES string of the molecule is C[C@@H]1CC[C@@H]2[C@](C)(COC(=O)c3ccc(Cl)cc3)[C@@H](OC(=O)c3ccc(Cl)cc3)CC[C@]2(C)[C@@]12CC[C@@]1(COC(=O)C1)O2. The summed E-state index contributed by atoms with van der Waals surface area (Å²) in [4.78, 5) is 38.8. The zero-order valence-corrected chi connectivity index (χ0v) is 26.3. The summed E-state index contributed by atoms with van der Waals surface area (Å²) in [5, 5.41) is 1.07. The average molecular weight is 630 g/mol. The van der Waals surface area contributed by atoms with E-state index in [1.807, 2.05) is 0 Å². The first-order valence-electron chi connectivity index (χ1n) is 15.1. The summed E-state index contributed by atoms with van der Waals surface area (Å²) in [6, 6.07) is 13.2. The molecule has 2 aliphatic heterocycles. The monoisotopic (exact) mass is 628 g/mol. The first-order valence-corrected chi connectivity index (χ1v) is 15.9. The molecule has 6 rings (SSSR count). The molecular formula is C34H38Cl2O7. The van der Waals surface area contributed by atoms with Crippen LogP contribution in [0.5, 0.6) is 0 Å². The lowest BCUT2D eigenvalue weighted by molar-refractivity contribution is -0.265. The van der Waals surface area contributed by atoms with E-state index < -0.39 is 34.7 Å². The lowest BCUT2D eigenvalue weighted by atomic mass is 9.43. The van der Waals surface area contributed by atoms with E-state index in [9.17, 15) is 14.4 Å². The number of hydrogen-bond donors (Lipinski definition) is 0. The van der Waals surface area contributed by atoms with E-state index in [0.29, 0.717) is 34.2 Å². The number of rotatable bonds is 5. The molecule has 2 spiro atoms. The minimum Gasteiger partial charge on any atom is -0.463 e. The highest BCUT2D eigenvalue weighted by Gasteiger charge is 2.70. The number of fused-ring (bicyclic) bond motifs is 2. The molecule has 0 aromatic heterocycles. The molecule has 4 aliphatic rings. The van der Waals surface area contributed by atoms with Gasteiger partial charge in [0.25, 0.3) is 0 Å². The molecule has 43 heavy (non-hydrogen) atoms. The fourth-order valence-corrected chi connectivity index (χ4v) is 9.02. The molecule has 2 saturated heterocycles. The topological polar surface area (TPSA) is 88.1 Å². The molecule has 2 saturated carbocycles. The lowest BCUT2D eigenvalue weighted by Crippen LogP contribution is -2.67. The van der Waals surface area contributed by atoms with E-state index in [4.69, 9.17) is 42.1 Å². The van der Waals surface area contributed by atoms with Crippen molar-refractivity contribution < 1.29 is 33.3 Å². The predicted molar refractivity (Wildman–Crippen MR) is 161 cm³/mol. The number of carbonyl (C=O) groups is 3. The van der Waals surface area contributed by atoms with Crippen LogP contribution in [0.2, 0.25) is 10.0 Å². The van der Waals surface area contributed by atoms with Gasteiger partial charge in [-0.1, -0.05) is 44.0 Å². The third-order valence-electron chi connectivity index (χ3n) is 11.1. The highest BCUT2D eigenvalue weighted by molar-refractivity contribution is 6.31. The number of cyclic esters (lactones) is 1. The van der Waals surface area contributed by atoms with E-state index in [2.05, 4.69) is 20.8 Å². The summed E-state index contributed by atoms with van der Waals surface area (Å²) in [5.41, 5.74) is -1.27. The van der Waals surface area contributed by atoms with Crippen molar-refractivity contribution in [2.24, 2.45) is 22.7 Å². The number of ether oxygens (including phenoxy) is 4. The molecule has 0 N–H and O–H groups in total. The van der Waals surface area contributed by atoms with Crippen LogP contribution in [0, 0.1) is 22.7 Å². The third kappa shape index (κ3) is 5.15. The molecule has 2 heterocycles. The maximum Gasteiger partial charge on any atom is 0.338 e. The largest absolute Gasteiger partial charge is 0.463 e. The van der Waals surface area contributed by atoms with Crippen LogP contribution in [0.3, 0.4) is 0 Å². The maximum atomic E-state index is 13.4. The second kappa shape index (κ2) is 11.1. The third-order valence-corrected chi connectivity index (χ3v) is 11.6. The van der Waals surface area contributed by atoms with Crippen molar-refractivity contribution in [1.82, 2.24) is 0 Å². The molecular weight excluding hydrogens is 591 g/mol. The number of carbonyl (C=O) groups excluding carboxylic acids is 3. The molecule has 0 radical (unpaired) electrons. The van der Waals surface area contributed by atoms with Crippen molar-refractivity contribution in [1.29, 1.82) is 0 Å². The Kier molecular flexibility index (Phi) is 7.84. The predicted octanol–water partition coefficient (Wildman–Crippen LogP) is 7.46. The minimum absolute atomic E-state index is 0.0131. The van der Waals surface area contributed by atoms with Gasteiger partial charge in [-0.05, 0) is 98.9 Å². The standard InChI is InChI=1S/C34H38Cl2O7/c1-21-4-13-26-31(2,19-41-29(38)22-5-9-24(35)10-6-22)27(42-30(39)23-7-11-25(36)12-8-23)14-15-32(26,3)34(21)17-16-33(43-34)18-28(37)40-20-33/h5-12,21,26-27H,4,13-20H2,1-3H3/t21-,26-,27+,31+,32+,33-,34-/m1/s1. The van der Waals surface area contributed by atoms with Crippen molar-refractivity contribution in [2.75, 3.05) is 13.2 Å². The number of hydrogen-bond acceptors (Lipinski definition) is 7. The van der Waals surface area contributed by atoms with Gasteiger partial charge in [0.1, 0.15) is 24.9 Å². The van der Waals surface area contributed by atoms with Crippen LogP contribution < -0.4 is 0 Å². The summed E-state index contributed by atoms with van der Waals surface area (Å²) in [6.45, 7) is 6.99. The second-order valence-corrected chi connectivity index (χ2v) is 14.4. The van der Waals surface area contributed by atoms with Crippen LogP contribution in [0.25, 0.3) is 0 Å². The van der Waals surface area contributed by atoms with Gasteiger partial charge in [0.15, 0.2) is 0 Å². The summed E-state index contributed by atoms with van der Waals surface area (Å²) < 4.78 is 24.8. The molecule has 2 aromatic rings. The fraction of sp³-hybridized carbons (Fsp3) is 0.559. The van der Waals surface area contributed by atoms with Crippen LogP contribution in [-0.4, -0.2) is 48.4 Å². The van der Waals surface area contributed by atoms with Gasteiger partial charge in [-0.25, -0.2) is 9.59 Å². The van der Waals surface area contributed by atoms with Crippen molar-refractivity contribution in [3.05, 3.63) is 69.7 Å².